The van der Waals surface area contributed by atoms with Gasteiger partial charge in [0, 0.05) is 0 Å². The zero-order chi connectivity index (χ0) is 18.6. The summed E-state index contributed by atoms with van der Waals surface area (Å²) in [6, 6.07) is 16.3. The van der Waals surface area contributed by atoms with Crippen LogP contribution in [0.4, 0.5) is 0 Å². The van der Waals surface area contributed by atoms with Gasteiger partial charge in [-0.2, -0.15) is 0 Å². The van der Waals surface area contributed by atoms with Gasteiger partial charge in [-0.3, -0.25) is 0 Å². The Kier molecular flexibility index (Phi) is 4.06. The van der Waals surface area contributed by atoms with Crippen molar-refractivity contribution in [2.75, 3.05) is 0 Å². The quantitative estimate of drug-likeness (QED) is 0.341. The Morgan fingerprint density at radius 1 is 0.462 bits per heavy atom. The van der Waals surface area contributed by atoms with Crippen molar-refractivity contribution >= 4 is 88.1 Å². The summed E-state index contributed by atoms with van der Waals surface area (Å²) < 4.78 is 0. The average Bonchev–Trinajstić information content (AvgIpc) is 2.67. The molecule has 0 bridgehead atoms. The van der Waals surface area contributed by atoms with Crippen molar-refractivity contribution in [3.05, 3.63) is 54.1 Å². The van der Waals surface area contributed by atoms with Crippen LogP contribution >= 0.6 is 0 Å². The summed E-state index contributed by atoms with van der Waals surface area (Å²) in [5.41, 5.74) is 4.23. The second-order valence-electron chi connectivity index (χ2n) is 6.53. The highest BCUT2D eigenvalue weighted by Gasteiger charge is 2.18. The topological polar surface area (TPSA) is 0 Å². The van der Waals surface area contributed by atoms with E-state index in [0.29, 0.717) is 16.5 Å². The van der Waals surface area contributed by atoms with Crippen molar-refractivity contribution in [1.82, 2.24) is 0 Å². The molecule has 0 saturated heterocycles. The fraction of sp³-hybridized carbons (Fsp3) is 0.0476. The van der Waals surface area contributed by atoms with Crippen LogP contribution in [-0.4, -0.2) is 39.2 Å². The lowest BCUT2D eigenvalue weighted by Gasteiger charge is -2.24. The van der Waals surface area contributed by atoms with E-state index in [2.05, 4.69) is 31.2 Å². The first-order chi connectivity index (χ1) is 12.4. The molecule has 5 heteroatoms. The molecule has 0 saturated carbocycles. The van der Waals surface area contributed by atoms with Crippen molar-refractivity contribution in [2.45, 2.75) is 6.92 Å². The third-order valence-electron chi connectivity index (χ3n) is 5.15. The van der Waals surface area contributed by atoms with Crippen molar-refractivity contribution in [3.63, 3.8) is 0 Å². The molecular weight excluding hydrogens is 306 g/mol. The fourth-order valence-electron chi connectivity index (χ4n) is 3.73. The van der Waals surface area contributed by atoms with Gasteiger partial charge < -0.3 is 0 Å². The smallest absolute Gasteiger partial charge is 0.112 e. The van der Waals surface area contributed by atoms with Gasteiger partial charge in [0.15, 0.2) is 0 Å². The summed E-state index contributed by atoms with van der Waals surface area (Å²) in [5.74, 6) is 0. The number of fused-ring (bicyclic) bond motifs is 2. The molecule has 4 aromatic carbocycles. The molecule has 26 heavy (non-hydrogen) atoms. The monoisotopic (exact) mass is 318 g/mol. The third-order valence-corrected chi connectivity index (χ3v) is 5.15. The highest BCUT2D eigenvalue weighted by atomic mass is 14.2. The minimum Gasteiger partial charge on any atom is -0.112 e. The van der Waals surface area contributed by atoms with Gasteiger partial charge in [0.1, 0.15) is 39.2 Å². The van der Waals surface area contributed by atoms with Crippen LogP contribution in [0.2, 0.25) is 0 Å². The maximum absolute atomic E-state index is 6.36. The van der Waals surface area contributed by atoms with Gasteiger partial charge in [0.05, 0.1) is 0 Å². The van der Waals surface area contributed by atoms with E-state index in [9.17, 15) is 0 Å². The molecule has 0 heterocycles. The van der Waals surface area contributed by atoms with Crippen molar-refractivity contribution in [2.24, 2.45) is 0 Å². The molecule has 0 aliphatic rings. The minimum absolute atomic E-state index is 0.226. The molecule has 0 spiro atoms. The number of benzene rings is 4. The largest absolute Gasteiger partial charge is 0.113 e. The van der Waals surface area contributed by atoms with E-state index in [1.807, 2.05) is 24.3 Å². The molecule has 110 valence electrons. The predicted octanol–water partition coefficient (Wildman–Crippen LogP) is -0.0626. The van der Waals surface area contributed by atoms with Crippen LogP contribution < -0.4 is 27.3 Å². The summed E-state index contributed by atoms with van der Waals surface area (Å²) in [6.07, 6.45) is 0. The van der Waals surface area contributed by atoms with Gasteiger partial charge in [0.2, 0.25) is 0 Å². The fourth-order valence-corrected chi connectivity index (χ4v) is 3.73. The predicted molar refractivity (Wildman–Crippen MR) is 119 cm³/mol. The van der Waals surface area contributed by atoms with E-state index >= 15 is 0 Å². The maximum atomic E-state index is 6.36. The van der Waals surface area contributed by atoms with E-state index in [-0.39, 0.29) is 16.4 Å². The second kappa shape index (κ2) is 6.16. The highest BCUT2D eigenvalue weighted by molar-refractivity contribution is 6.69. The van der Waals surface area contributed by atoms with Crippen LogP contribution in [0.15, 0.2) is 48.5 Å². The molecule has 10 radical (unpaired) electrons. The molecule has 0 fully saturated rings. The van der Waals surface area contributed by atoms with E-state index in [1.54, 1.807) is 0 Å². The SMILES string of the molecule is [B]c1c([B])c([B])c(-c2c3ccccc3c(C)c3ccccc23)c([B])c1[B]. The summed E-state index contributed by atoms with van der Waals surface area (Å²) >= 11 is 0. The number of aryl methyl sites for hydroxylation is 1. The Hall–Kier alpha value is -2.28. The number of rotatable bonds is 1. The van der Waals surface area contributed by atoms with E-state index in [0.717, 1.165) is 27.1 Å². The first kappa shape index (κ1) is 17.2. The molecular formula is C21H11B5. The van der Waals surface area contributed by atoms with Gasteiger partial charge in [-0.05, 0) is 45.2 Å². The Morgan fingerprint density at radius 2 is 0.808 bits per heavy atom. The lowest BCUT2D eigenvalue weighted by atomic mass is 9.59. The molecule has 0 aromatic heterocycles. The van der Waals surface area contributed by atoms with Crippen LogP contribution in [0.1, 0.15) is 5.56 Å². The minimum atomic E-state index is 0.226. The first-order valence-electron chi connectivity index (χ1n) is 8.35. The molecule has 0 atom stereocenters. The lowest BCUT2D eigenvalue weighted by molar-refractivity contribution is 1.58. The first-order valence-corrected chi connectivity index (χ1v) is 8.35. The van der Waals surface area contributed by atoms with Crippen LogP contribution in [0, 0.1) is 6.92 Å². The zero-order valence-corrected chi connectivity index (χ0v) is 14.5. The third kappa shape index (κ3) is 2.30. The van der Waals surface area contributed by atoms with Gasteiger partial charge in [0.25, 0.3) is 0 Å². The van der Waals surface area contributed by atoms with E-state index < -0.39 is 0 Å². The normalized spacial score (nSPS) is 11.3. The van der Waals surface area contributed by atoms with Gasteiger partial charge >= 0.3 is 0 Å². The van der Waals surface area contributed by atoms with Crippen LogP contribution in [0.25, 0.3) is 32.7 Å². The van der Waals surface area contributed by atoms with Crippen LogP contribution in [0.3, 0.4) is 0 Å². The highest BCUT2D eigenvalue weighted by Crippen LogP contribution is 2.37. The second-order valence-corrected chi connectivity index (χ2v) is 6.53. The molecule has 0 aliphatic carbocycles. The number of hydrogen-bond acceptors (Lipinski definition) is 0. The Labute approximate surface area is 160 Å². The summed E-state index contributed by atoms with van der Waals surface area (Å²) in [4.78, 5) is 0. The van der Waals surface area contributed by atoms with Gasteiger partial charge in [-0.25, -0.2) is 0 Å². The Balaban J connectivity index is 2.32. The van der Waals surface area contributed by atoms with E-state index in [1.165, 1.54) is 5.56 Å². The van der Waals surface area contributed by atoms with Crippen LogP contribution in [-0.2, 0) is 0 Å². The molecule has 0 N–H and O–H groups in total. The Bertz CT molecular complexity index is 1110. The molecule has 4 aromatic rings. The zero-order valence-electron chi connectivity index (χ0n) is 14.5. The maximum Gasteiger partial charge on any atom is 0.113 e. The molecule has 0 aliphatic heterocycles. The van der Waals surface area contributed by atoms with Crippen molar-refractivity contribution < 1.29 is 0 Å². The van der Waals surface area contributed by atoms with E-state index in [4.69, 9.17) is 39.2 Å². The molecule has 0 amide bonds. The van der Waals surface area contributed by atoms with Gasteiger partial charge in [-0.1, -0.05) is 59.5 Å². The summed E-state index contributed by atoms with van der Waals surface area (Å²) in [5, 5.41) is 4.36. The van der Waals surface area contributed by atoms with Gasteiger partial charge in [-0.15, -0.1) is 16.4 Å². The molecule has 4 rings (SSSR count). The molecule has 0 nitrogen and oxygen atoms in total. The summed E-state index contributed by atoms with van der Waals surface area (Å²) in [7, 11) is 30.9. The van der Waals surface area contributed by atoms with Crippen molar-refractivity contribution in [1.29, 1.82) is 0 Å². The Morgan fingerprint density at radius 3 is 1.23 bits per heavy atom. The standard InChI is InChI=1S/C21H11B5/c1-10-11-6-2-4-8-13(11)15(14-9-5-3-7-12(10)14)16-17(22)19(24)21(26)20(25)18(16)23/h2-9H,1H3. The molecule has 0 unspecified atom stereocenters. The average molecular weight is 317 g/mol. The summed E-state index contributed by atoms with van der Waals surface area (Å²) in [6.45, 7) is 2.12. The van der Waals surface area contributed by atoms with Crippen molar-refractivity contribution in [3.8, 4) is 11.1 Å². The lowest BCUT2D eigenvalue weighted by Crippen LogP contribution is -2.55. The number of hydrogen-bond donors (Lipinski definition) is 0. The van der Waals surface area contributed by atoms with Crippen LogP contribution in [0.5, 0.6) is 0 Å².